The van der Waals surface area contributed by atoms with Crippen LogP contribution in [-0.4, -0.2) is 26.7 Å². The van der Waals surface area contributed by atoms with E-state index in [2.05, 4.69) is 10.6 Å². The summed E-state index contributed by atoms with van der Waals surface area (Å²) in [5.41, 5.74) is 2.02. The van der Waals surface area contributed by atoms with Gasteiger partial charge in [0.2, 0.25) is 5.91 Å². The number of rotatable bonds is 8. The summed E-state index contributed by atoms with van der Waals surface area (Å²) in [4.78, 5) is 11.9. The number of methoxy groups -OCH3 is 2. The number of carbonyl (C=O) groups excluding carboxylic acids is 1. The normalized spacial score (nSPS) is 10.3. The van der Waals surface area contributed by atoms with E-state index in [1.54, 1.807) is 14.2 Å². The lowest BCUT2D eigenvalue weighted by molar-refractivity contribution is -0.120. The van der Waals surface area contributed by atoms with Gasteiger partial charge in [0.25, 0.3) is 0 Å². The number of amides is 1. The molecule has 0 radical (unpaired) electrons. The predicted molar refractivity (Wildman–Crippen MR) is 94.6 cm³/mol. The molecular formula is C18H21ClN2O3. The van der Waals surface area contributed by atoms with Crippen molar-refractivity contribution in [3.8, 4) is 11.5 Å². The van der Waals surface area contributed by atoms with Crippen LogP contribution < -0.4 is 20.1 Å². The Morgan fingerprint density at radius 2 is 1.62 bits per heavy atom. The first-order valence-electron chi connectivity index (χ1n) is 7.55. The molecule has 0 atom stereocenters. The maximum atomic E-state index is 11.9. The molecule has 24 heavy (non-hydrogen) atoms. The Morgan fingerprint density at radius 1 is 0.958 bits per heavy atom. The zero-order valence-electron chi connectivity index (χ0n) is 13.8. The maximum absolute atomic E-state index is 11.9. The van der Waals surface area contributed by atoms with E-state index >= 15 is 0 Å². The third-order valence-corrected chi connectivity index (χ3v) is 3.72. The Balaban J connectivity index is 1.75. The molecule has 0 unspecified atom stereocenters. The third kappa shape index (κ3) is 5.44. The molecule has 0 aliphatic rings. The summed E-state index contributed by atoms with van der Waals surface area (Å²) in [6.07, 6.45) is 0. The second-order valence-electron chi connectivity index (χ2n) is 5.20. The van der Waals surface area contributed by atoms with Crippen LogP contribution in [0.4, 0.5) is 0 Å². The van der Waals surface area contributed by atoms with Crippen molar-refractivity contribution in [3.05, 3.63) is 58.6 Å². The molecule has 2 N–H and O–H groups in total. The number of ether oxygens (including phenoxy) is 2. The second-order valence-corrected chi connectivity index (χ2v) is 5.63. The minimum atomic E-state index is -0.0706. The zero-order valence-corrected chi connectivity index (χ0v) is 14.5. The molecule has 0 fully saturated rings. The van der Waals surface area contributed by atoms with Crippen LogP contribution in [0.25, 0.3) is 0 Å². The van der Waals surface area contributed by atoms with Crippen LogP contribution in [0.2, 0.25) is 5.02 Å². The van der Waals surface area contributed by atoms with E-state index in [1.165, 1.54) is 0 Å². The van der Waals surface area contributed by atoms with Crippen LogP contribution in [0.1, 0.15) is 11.1 Å². The molecule has 5 nitrogen and oxygen atoms in total. The lowest BCUT2D eigenvalue weighted by Gasteiger charge is -2.11. The molecule has 2 rings (SSSR count). The number of halogens is 1. The highest BCUT2D eigenvalue weighted by molar-refractivity contribution is 6.30. The van der Waals surface area contributed by atoms with E-state index in [-0.39, 0.29) is 12.5 Å². The molecule has 0 saturated heterocycles. The molecule has 0 aromatic heterocycles. The number of benzene rings is 2. The van der Waals surface area contributed by atoms with Crippen LogP contribution in [0.3, 0.4) is 0 Å². The summed E-state index contributed by atoms with van der Waals surface area (Å²) in [5, 5.41) is 6.66. The molecule has 128 valence electrons. The highest BCUT2D eigenvalue weighted by Crippen LogP contribution is 2.27. The summed E-state index contributed by atoms with van der Waals surface area (Å²) < 4.78 is 10.4. The Morgan fingerprint density at radius 3 is 2.29 bits per heavy atom. The van der Waals surface area contributed by atoms with Crippen molar-refractivity contribution in [1.82, 2.24) is 10.6 Å². The van der Waals surface area contributed by atoms with Gasteiger partial charge in [0.05, 0.1) is 20.8 Å². The monoisotopic (exact) mass is 348 g/mol. The topological polar surface area (TPSA) is 59.6 Å². The maximum Gasteiger partial charge on any atom is 0.234 e. The van der Waals surface area contributed by atoms with Gasteiger partial charge in [0.15, 0.2) is 11.5 Å². The van der Waals surface area contributed by atoms with E-state index in [0.29, 0.717) is 29.6 Å². The van der Waals surface area contributed by atoms with Gasteiger partial charge in [-0.3, -0.25) is 4.79 Å². The molecule has 2 aromatic carbocycles. The molecule has 2 aromatic rings. The van der Waals surface area contributed by atoms with Crippen LogP contribution >= 0.6 is 11.6 Å². The minimum Gasteiger partial charge on any atom is -0.493 e. The molecule has 0 aliphatic carbocycles. The summed E-state index contributed by atoms with van der Waals surface area (Å²) in [5.74, 6) is 1.24. The van der Waals surface area contributed by atoms with Gasteiger partial charge in [0, 0.05) is 18.1 Å². The smallest absolute Gasteiger partial charge is 0.234 e. The Kier molecular flexibility index (Phi) is 6.90. The minimum absolute atomic E-state index is 0.0706. The van der Waals surface area contributed by atoms with Crippen molar-refractivity contribution in [2.45, 2.75) is 13.1 Å². The first-order valence-corrected chi connectivity index (χ1v) is 7.93. The average molecular weight is 349 g/mol. The van der Waals surface area contributed by atoms with Gasteiger partial charge in [-0.2, -0.15) is 0 Å². The largest absolute Gasteiger partial charge is 0.493 e. The number of carbonyl (C=O) groups is 1. The van der Waals surface area contributed by atoms with Gasteiger partial charge in [-0.15, -0.1) is 0 Å². The fourth-order valence-corrected chi connectivity index (χ4v) is 2.30. The molecule has 0 saturated carbocycles. The number of hydrogen-bond donors (Lipinski definition) is 2. The fourth-order valence-electron chi connectivity index (χ4n) is 2.18. The van der Waals surface area contributed by atoms with Crippen LogP contribution in [0, 0.1) is 0 Å². The lowest BCUT2D eigenvalue weighted by Crippen LogP contribution is -2.33. The van der Waals surface area contributed by atoms with Gasteiger partial charge < -0.3 is 20.1 Å². The summed E-state index contributed by atoms with van der Waals surface area (Å²) >= 11 is 5.83. The number of hydrogen-bond acceptors (Lipinski definition) is 4. The van der Waals surface area contributed by atoms with Crippen LogP contribution in [0.5, 0.6) is 11.5 Å². The van der Waals surface area contributed by atoms with Crippen LogP contribution in [0.15, 0.2) is 42.5 Å². The Labute approximate surface area is 146 Å². The van der Waals surface area contributed by atoms with E-state index in [0.717, 1.165) is 11.1 Å². The van der Waals surface area contributed by atoms with Crippen molar-refractivity contribution in [2.24, 2.45) is 0 Å². The second kappa shape index (κ2) is 9.15. The highest BCUT2D eigenvalue weighted by atomic mass is 35.5. The molecule has 0 aliphatic heterocycles. The molecule has 0 spiro atoms. The molecule has 1 amide bonds. The van der Waals surface area contributed by atoms with Crippen molar-refractivity contribution >= 4 is 17.5 Å². The number of nitrogens with one attached hydrogen (secondary N) is 2. The third-order valence-electron chi connectivity index (χ3n) is 3.47. The first-order chi connectivity index (χ1) is 11.6. The summed E-state index contributed by atoms with van der Waals surface area (Å²) in [6.45, 7) is 1.29. The Hall–Kier alpha value is -2.24. The van der Waals surface area contributed by atoms with E-state index in [4.69, 9.17) is 21.1 Å². The molecule has 0 heterocycles. The van der Waals surface area contributed by atoms with Crippen molar-refractivity contribution < 1.29 is 14.3 Å². The standard InChI is InChI=1S/C18H21ClN2O3/c1-23-16-8-5-14(9-17(16)24-2)11-21-18(22)12-20-10-13-3-6-15(19)7-4-13/h3-9,20H,10-12H2,1-2H3,(H,21,22). The zero-order chi connectivity index (χ0) is 17.4. The summed E-state index contributed by atoms with van der Waals surface area (Å²) in [7, 11) is 3.17. The van der Waals surface area contributed by atoms with Crippen molar-refractivity contribution in [3.63, 3.8) is 0 Å². The molecule has 0 bridgehead atoms. The van der Waals surface area contributed by atoms with Gasteiger partial charge in [0.1, 0.15) is 0 Å². The predicted octanol–water partition coefficient (Wildman–Crippen LogP) is 2.76. The van der Waals surface area contributed by atoms with Gasteiger partial charge in [-0.1, -0.05) is 29.8 Å². The molecular weight excluding hydrogens is 328 g/mol. The van der Waals surface area contributed by atoms with E-state index in [1.807, 2.05) is 42.5 Å². The van der Waals surface area contributed by atoms with E-state index < -0.39 is 0 Å². The van der Waals surface area contributed by atoms with Crippen LogP contribution in [-0.2, 0) is 17.9 Å². The first kappa shape index (κ1) is 18.1. The van der Waals surface area contributed by atoms with Gasteiger partial charge in [-0.25, -0.2) is 0 Å². The van der Waals surface area contributed by atoms with Gasteiger partial charge >= 0.3 is 0 Å². The highest BCUT2D eigenvalue weighted by Gasteiger charge is 2.06. The Bertz CT molecular complexity index is 674. The van der Waals surface area contributed by atoms with E-state index in [9.17, 15) is 4.79 Å². The fraction of sp³-hybridized carbons (Fsp3) is 0.278. The average Bonchev–Trinajstić information content (AvgIpc) is 2.61. The quantitative estimate of drug-likeness (QED) is 0.770. The summed E-state index contributed by atoms with van der Waals surface area (Å²) in [6, 6.07) is 13.1. The van der Waals surface area contributed by atoms with Gasteiger partial charge in [-0.05, 0) is 35.4 Å². The van der Waals surface area contributed by atoms with Crippen molar-refractivity contribution in [2.75, 3.05) is 20.8 Å². The molecule has 6 heteroatoms. The lowest BCUT2D eigenvalue weighted by atomic mass is 10.2. The SMILES string of the molecule is COc1ccc(CNC(=O)CNCc2ccc(Cl)cc2)cc1OC. The van der Waals surface area contributed by atoms with Crippen molar-refractivity contribution in [1.29, 1.82) is 0 Å².